The van der Waals surface area contributed by atoms with E-state index in [4.69, 9.17) is 0 Å². The second-order valence-electron chi connectivity index (χ2n) is 6.37. The van der Waals surface area contributed by atoms with E-state index >= 15 is 0 Å². The standard InChI is InChI=1S/C17H17N9/c1-11-20-14-8-7-12(9-25(14)23-11)21-16-15-17(19-10-18-16)26(24-22-15)13-5-3-2-4-6-13/h2-6,10,12H,7-9H2,1H3,(H,18,19,21)/t12-/m1/s1. The van der Waals surface area contributed by atoms with Crippen LogP contribution in [0.1, 0.15) is 18.1 Å². The number of fused-ring (bicyclic) bond motifs is 2. The van der Waals surface area contributed by atoms with Crippen molar-refractivity contribution in [2.45, 2.75) is 32.4 Å². The smallest absolute Gasteiger partial charge is 0.188 e. The minimum atomic E-state index is 0.212. The number of aryl methyl sites for hydroxylation is 2. The van der Waals surface area contributed by atoms with Crippen LogP contribution in [0.25, 0.3) is 16.9 Å². The second kappa shape index (κ2) is 5.87. The van der Waals surface area contributed by atoms with E-state index in [2.05, 4.69) is 35.7 Å². The molecule has 0 saturated heterocycles. The molecule has 0 unspecified atom stereocenters. The van der Waals surface area contributed by atoms with Gasteiger partial charge in [-0.2, -0.15) is 9.78 Å². The van der Waals surface area contributed by atoms with Gasteiger partial charge in [-0.3, -0.25) is 0 Å². The number of nitrogens with zero attached hydrogens (tertiary/aromatic N) is 8. The molecular formula is C17H17N9. The normalized spacial score (nSPS) is 16.6. The zero-order valence-corrected chi connectivity index (χ0v) is 14.2. The highest BCUT2D eigenvalue weighted by Crippen LogP contribution is 2.22. The number of rotatable bonds is 3. The van der Waals surface area contributed by atoms with Crippen LogP contribution in [0.5, 0.6) is 0 Å². The molecule has 9 nitrogen and oxygen atoms in total. The van der Waals surface area contributed by atoms with Crippen molar-refractivity contribution in [3.63, 3.8) is 0 Å². The molecule has 0 bridgehead atoms. The summed E-state index contributed by atoms with van der Waals surface area (Å²) in [6, 6.07) is 10.0. The minimum absolute atomic E-state index is 0.212. The molecule has 0 spiro atoms. The molecule has 0 saturated carbocycles. The Bertz CT molecular complexity index is 1070. The van der Waals surface area contributed by atoms with Gasteiger partial charge in [-0.05, 0) is 25.5 Å². The summed E-state index contributed by atoms with van der Waals surface area (Å²) in [4.78, 5) is 13.2. The topological polar surface area (TPSA) is 99.2 Å². The van der Waals surface area contributed by atoms with Crippen LogP contribution in [0, 0.1) is 6.92 Å². The molecule has 4 heterocycles. The van der Waals surface area contributed by atoms with Crippen LogP contribution in [0.15, 0.2) is 36.7 Å². The van der Waals surface area contributed by atoms with Crippen LogP contribution in [0.3, 0.4) is 0 Å². The maximum Gasteiger partial charge on any atom is 0.188 e. The summed E-state index contributed by atoms with van der Waals surface area (Å²) < 4.78 is 3.69. The maximum absolute atomic E-state index is 4.45. The fraction of sp³-hybridized carbons (Fsp3) is 0.294. The fourth-order valence-electron chi connectivity index (χ4n) is 3.34. The second-order valence-corrected chi connectivity index (χ2v) is 6.37. The number of nitrogens with one attached hydrogen (secondary N) is 1. The number of benzene rings is 1. The number of hydrogen-bond donors (Lipinski definition) is 1. The van der Waals surface area contributed by atoms with Gasteiger partial charge >= 0.3 is 0 Å². The van der Waals surface area contributed by atoms with Gasteiger partial charge in [-0.15, -0.1) is 5.10 Å². The van der Waals surface area contributed by atoms with Crippen molar-refractivity contribution in [2.24, 2.45) is 0 Å². The molecule has 1 aliphatic rings. The largest absolute Gasteiger partial charge is 0.363 e. The third-order valence-electron chi connectivity index (χ3n) is 4.54. The van der Waals surface area contributed by atoms with Crippen LogP contribution in [-0.4, -0.2) is 45.8 Å². The predicted molar refractivity (Wildman–Crippen MR) is 94.9 cm³/mol. The summed E-state index contributed by atoms with van der Waals surface area (Å²) in [5.41, 5.74) is 2.26. The third-order valence-corrected chi connectivity index (χ3v) is 4.54. The molecule has 0 aliphatic carbocycles. The van der Waals surface area contributed by atoms with E-state index in [9.17, 15) is 0 Å². The van der Waals surface area contributed by atoms with E-state index in [1.807, 2.05) is 41.9 Å². The maximum atomic E-state index is 4.45. The van der Waals surface area contributed by atoms with Gasteiger partial charge < -0.3 is 5.32 Å². The van der Waals surface area contributed by atoms with Crippen molar-refractivity contribution in [2.75, 3.05) is 5.32 Å². The molecule has 1 aliphatic heterocycles. The Morgan fingerprint density at radius 1 is 1.15 bits per heavy atom. The summed E-state index contributed by atoms with van der Waals surface area (Å²) in [5, 5.41) is 16.5. The SMILES string of the molecule is Cc1nc2n(n1)C[C@H](Nc1ncnc3c1nnn3-c1ccccc1)CC2. The van der Waals surface area contributed by atoms with Gasteiger partial charge in [0.2, 0.25) is 0 Å². The van der Waals surface area contributed by atoms with Gasteiger partial charge in [0.15, 0.2) is 17.0 Å². The predicted octanol–water partition coefficient (Wildman–Crippen LogP) is 1.54. The lowest BCUT2D eigenvalue weighted by atomic mass is 10.1. The lowest BCUT2D eigenvalue weighted by Crippen LogP contribution is -2.32. The molecule has 1 atom stereocenters. The quantitative estimate of drug-likeness (QED) is 0.600. The van der Waals surface area contributed by atoms with Crippen LogP contribution >= 0.6 is 0 Å². The van der Waals surface area contributed by atoms with Crippen LogP contribution in [0.4, 0.5) is 5.82 Å². The molecule has 9 heteroatoms. The summed E-state index contributed by atoms with van der Waals surface area (Å²) in [6.45, 7) is 2.68. The monoisotopic (exact) mass is 347 g/mol. The molecule has 4 aromatic rings. The Kier molecular flexibility index (Phi) is 3.37. The van der Waals surface area contributed by atoms with Crippen molar-refractivity contribution in [3.8, 4) is 5.69 Å². The molecule has 0 amide bonds. The fourth-order valence-corrected chi connectivity index (χ4v) is 3.34. The molecule has 26 heavy (non-hydrogen) atoms. The Labute approximate surface area is 149 Å². The number of anilines is 1. The zero-order chi connectivity index (χ0) is 17.5. The van der Waals surface area contributed by atoms with E-state index in [1.54, 1.807) is 11.0 Å². The van der Waals surface area contributed by atoms with Crippen molar-refractivity contribution < 1.29 is 0 Å². The first-order valence-corrected chi connectivity index (χ1v) is 8.56. The lowest BCUT2D eigenvalue weighted by Gasteiger charge is -2.23. The lowest BCUT2D eigenvalue weighted by molar-refractivity contribution is 0.440. The van der Waals surface area contributed by atoms with Crippen molar-refractivity contribution >= 4 is 17.0 Å². The highest BCUT2D eigenvalue weighted by Gasteiger charge is 2.22. The average Bonchev–Trinajstić information content (AvgIpc) is 3.25. The molecule has 3 aromatic heterocycles. The molecule has 5 rings (SSSR count). The highest BCUT2D eigenvalue weighted by atomic mass is 15.4. The number of hydrogen-bond acceptors (Lipinski definition) is 7. The van der Waals surface area contributed by atoms with E-state index < -0.39 is 0 Å². The summed E-state index contributed by atoms with van der Waals surface area (Å²) in [7, 11) is 0. The van der Waals surface area contributed by atoms with Gasteiger partial charge in [-0.25, -0.2) is 19.6 Å². The van der Waals surface area contributed by atoms with E-state index in [1.165, 1.54) is 0 Å². The molecule has 0 radical (unpaired) electrons. The Morgan fingerprint density at radius 3 is 2.92 bits per heavy atom. The molecule has 1 aromatic carbocycles. The summed E-state index contributed by atoms with van der Waals surface area (Å²) in [5.74, 6) is 2.56. The van der Waals surface area contributed by atoms with Gasteiger partial charge in [0.25, 0.3) is 0 Å². The molecule has 0 fully saturated rings. The van der Waals surface area contributed by atoms with E-state index in [-0.39, 0.29) is 6.04 Å². The first-order valence-electron chi connectivity index (χ1n) is 8.56. The van der Waals surface area contributed by atoms with E-state index in [0.29, 0.717) is 17.0 Å². The molecule has 1 N–H and O–H groups in total. The van der Waals surface area contributed by atoms with Gasteiger partial charge in [0.1, 0.15) is 18.0 Å². The Morgan fingerprint density at radius 2 is 2.04 bits per heavy atom. The van der Waals surface area contributed by atoms with Crippen LogP contribution in [0.2, 0.25) is 0 Å². The van der Waals surface area contributed by atoms with Crippen molar-refractivity contribution in [1.29, 1.82) is 0 Å². The van der Waals surface area contributed by atoms with Gasteiger partial charge in [0.05, 0.1) is 12.2 Å². The number of para-hydroxylation sites is 1. The number of aromatic nitrogens is 8. The Hall–Kier alpha value is -3.36. The summed E-state index contributed by atoms with van der Waals surface area (Å²) >= 11 is 0. The van der Waals surface area contributed by atoms with Crippen LogP contribution < -0.4 is 5.32 Å². The van der Waals surface area contributed by atoms with Crippen LogP contribution in [-0.2, 0) is 13.0 Å². The van der Waals surface area contributed by atoms with Gasteiger partial charge in [-0.1, -0.05) is 23.4 Å². The highest BCUT2D eigenvalue weighted by molar-refractivity contribution is 5.83. The molecule has 130 valence electrons. The Balaban J connectivity index is 1.46. The first-order chi connectivity index (χ1) is 12.8. The van der Waals surface area contributed by atoms with E-state index in [0.717, 1.165) is 36.7 Å². The zero-order valence-electron chi connectivity index (χ0n) is 14.2. The average molecular weight is 347 g/mol. The molecular weight excluding hydrogens is 330 g/mol. The van der Waals surface area contributed by atoms with Crippen molar-refractivity contribution in [3.05, 3.63) is 48.3 Å². The van der Waals surface area contributed by atoms with Gasteiger partial charge in [0, 0.05) is 12.5 Å². The summed E-state index contributed by atoms with van der Waals surface area (Å²) in [6.07, 6.45) is 3.40. The third kappa shape index (κ3) is 2.48. The van der Waals surface area contributed by atoms with Crippen molar-refractivity contribution in [1.82, 2.24) is 39.7 Å². The minimum Gasteiger partial charge on any atom is -0.363 e. The first kappa shape index (κ1) is 14.9.